The van der Waals surface area contributed by atoms with E-state index in [0.29, 0.717) is 12.4 Å². The van der Waals surface area contributed by atoms with Crippen molar-refractivity contribution in [2.45, 2.75) is 13.2 Å². The molecular weight excluding hydrogens is 264 g/mol. The van der Waals surface area contributed by atoms with Crippen LogP contribution in [0.3, 0.4) is 0 Å². The monoisotopic (exact) mass is 280 g/mol. The lowest BCUT2D eigenvalue weighted by Gasteiger charge is -2.02. The zero-order chi connectivity index (χ0) is 14.7. The van der Waals surface area contributed by atoms with E-state index in [0.717, 1.165) is 22.4 Å². The Bertz CT molecular complexity index is 717. The number of aromatic nitrogens is 3. The Hall–Kier alpha value is -2.66. The SMILES string of the molecule is Nc1ccc(-c2ncn(Cc3ccc(CO)cc3)n2)cc1. The van der Waals surface area contributed by atoms with Gasteiger partial charge in [0.2, 0.25) is 0 Å². The molecule has 0 saturated heterocycles. The van der Waals surface area contributed by atoms with E-state index in [2.05, 4.69) is 10.1 Å². The van der Waals surface area contributed by atoms with Crippen molar-refractivity contribution < 1.29 is 5.11 Å². The first-order chi connectivity index (χ1) is 10.2. The molecular formula is C16H16N4O. The Morgan fingerprint density at radius 1 is 0.952 bits per heavy atom. The van der Waals surface area contributed by atoms with E-state index >= 15 is 0 Å². The molecule has 3 N–H and O–H groups in total. The van der Waals surface area contributed by atoms with Gasteiger partial charge in [-0.15, -0.1) is 0 Å². The van der Waals surface area contributed by atoms with Crippen LogP contribution in [0.25, 0.3) is 11.4 Å². The number of benzene rings is 2. The Labute approximate surface area is 122 Å². The van der Waals surface area contributed by atoms with Gasteiger partial charge in [-0.25, -0.2) is 9.67 Å². The third kappa shape index (κ3) is 3.09. The van der Waals surface area contributed by atoms with Gasteiger partial charge in [0.1, 0.15) is 6.33 Å². The molecule has 0 bridgehead atoms. The number of anilines is 1. The number of hydrogen-bond donors (Lipinski definition) is 2. The van der Waals surface area contributed by atoms with Crippen molar-refractivity contribution in [3.63, 3.8) is 0 Å². The molecule has 0 atom stereocenters. The highest BCUT2D eigenvalue weighted by atomic mass is 16.3. The van der Waals surface area contributed by atoms with Crippen LogP contribution < -0.4 is 5.73 Å². The van der Waals surface area contributed by atoms with Crippen LogP contribution in [0.5, 0.6) is 0 Å². The van der Waals surface area contributed by atoms with Crippen LogP contribution in [-0.4, -0.2) is 19.9 Å². The zero-order valence-corrected chi connectivity index (χ0v) is 11.5. The summed E-state index contributed by atoms with van der Waals surface area (Å²) in [6, 6.07) is 15.3. The molecule has 0 aliphatic rings. The fourth-order valence-electron chi connectivity index (χ4n) is 2.07. The quantitative estimate of drug-likeness (QED) is 0.717. The first-order valence-electron chi connectivity index (χ1n) is 6.68. The summed E-state index contributed by atoms with van der Waals surface area (Å²) in [6.07, 6.45) is 1.71. The van der Waals surface area contributed by atoms with E-state index in [9.17, 15) is 0 Å². The maximum absolute atomic E-state index is 9.03. The summed E-state index contributed by atoms with van der Waals surface area (Å²) in [5, 5.41) is 13.5. The second-order valence-corrected chi connectivity index (χ2v) is 4.86. The molecule has 0 spiro atoms. The normalized spacial score (nSPS) is 10.7. The maximum Gasteiger partial charge on any atom is 0.181 e. The molecule has 21 heavy (non-hydrogen) atoms. The average molecular weight is 280 g/mol. The van der Waals surface area contributed by atoms with Crippen molar-refractivity contribution in [3.8, 4) is 11.4 Å². The van der Waals surface area contributed by atoms with Crippen molar-refractivity contribution in [1.29, 1.82) is 0 Å². The van der Waals surface area contributed by atoms with E-state index in [1.54, 1.807) is 11.0 Å². The Kier molecular flexibility index (Phi) is 3.66. The fraction of sp³-hybridized carbons (Fsp3) is 0.125. The summed E-state index contributed by atoms with van der Waals surface area (Å²) in [6.45, 7) is 0.707. The largest absolute Gasteiger partial charge is 0.399 e. The van der Waals surface area contributed by atoms with Gasteiger partial charge < -0.3 is 10.8 Å². The molecule has 3 aromatic rings. The number of aliphatic hydroxyl groups is 1. The van der Waals surface area contributed by atoms with E-state index in [1.165, 1.54) is 0 Å². The lowest BCUT2D eigenvalue weighted by atomic mass is 10.1. The fourth-order valence-corrected chi connectivity index (χ4v) is 2.07. The molecule has 0 radical (unpaired) electrons. The summed E-state index contributed by atoms with van der Waals surface area (Å²) in [7, 11) is 0. The zero-order valence-electron chi connectivity index (χ0n) is 11.5. The average Bonchev–Trinajstić information content (AvgIpc) is 2.97. The van der Waals surface area contributed by atoms with Gasteiger partial charge in [0.05, 0.1) is 13.2 Å². The lowest BCUT2D eigenvalue weighted by Crippen LogP contribution is -2.00. The molecule has 0 saturated carbocycles. The third-order valence-electron chi connectivity index (χ3n) is 3.26. The second kappa shape index (κ2) is 5.76. The Morgan fingerprint density at radius 2 is 1.62 bits per heavy atom. The lowest BCUT2D eigenvalue weighted by molar-refractivity contribution is 0.282. The van der Waals surface area contributed by atoms with Crippen LogP contribution >= 0.6 is 0 Å². The standard InChI is InChI=1S/C16H16N4O/c17-15-7-5-14(6-8-15)16-18-11-20(19-16)9-12-1-3-13(10-21)4-2-12/h1-8,11,21H,9-10,17H2. The molecule has 106 valence electrons. The molecule has 0 aliphatic heterocycles. The minimum absolute atomic E-state index is 0.0604. The van der Waals surface area contributed by atoms with Crippen LogP contribution in [-0.2, 0) is 13.2 Å². The van der Waals surface area contributed by atoms with Crippen molar-refractivity contribution in [2.24, 2.45) is 0 Å². The second-order valence-electron chi connectivity index (χ2n) is 4.86. The van der Waals surface area contributed by atoms with Gasteiger partial charge in [0.15, 0.2) is 5.82 Å². The Balaban J connectivity index is 1.76. The van der Waals surface area contributed by atoms with Crippen molar-refractivity contribution in [3.05, 3.63) is 66.0 Å². The highest BCUT2D eigenvalue weighted by Crippen LogP contribution is 2.16. The maximum atomic E-state index is 9.03. The summed E-state index contributed by atoms with van der Waals surface area (Å²) in [5.74, 6) is 0.682. The van der Waals surface area contributed by atoms with Crippen LogP contribution in [0.2, 0.25) is 0 Å². The topological polar surface area (TPSA) is 77.0 Å². The first-order valence-corrected chi connectivity index (χ1v) is 6.68. The minimum Gasteiger partial charge on any atom is -0.399 e. The van der Waals surface area contributed by atoms with Gasteiger partial charge in [-0.1, -0.05) is 24.3 Å². The summed E-state index contributed by atoms with van der Waals surface area (Å²) in [4.78, 5) is 4.32. The highest BCUT2D eigenvalue weighted by Gasteiger charge is 2.04. The molecule has 1 aromatic heterocycles. The van der Waals surface area contributed by atoms with Gasteiger partial charge in [-0.2, -0.15) is 5.10 Å². The number of nitrogen functional groups attached to an aromatic ring is 1. The van der Waals surface area contributed by atoms with E-state index in [1.807, 2.05) is 48.5 Å². The number of hydrogen-bond acceptors (Lipinski definition) is 4. The summed E-state index contributed by atoms with van der Waals surface area (Å²) in [5.41, 5.74) is 9.35. The molecule has 2 aromatic carbocycles. The smallest absolute Gasteiger partial charge is 0.181 e. The number of rotatable bonds is 4. The third-order valence-corrected chi connectivity index (χ3v) is 3.26. The first kappa shape index (κ1) is 13.3. The molecule has 3 rings (SSSR count). The molecule has 0 unspecified atom stereocenters. The van der Waals surface area contributed by atoms with E-state index in [4.69, 9.17) is 10.8 Å². The van der Waals surface area contributed by atoms with E-state index < -0.39 is 0 Å². The van der Waals surface area contributed by atoms with Crippen molar-refractivity contribution >= 4 is 5.69 Å². The van der Waals surface area contributed by atoms with Crippen LogP contribution in [0.4, 0.5) is 5.69 Å². The van der Waals surface area contributed by atoms with Crippen LogP contribution in [0.15, 0.2) is 54.9 Å². The van der Waals surface area contributed by atoms with E-state index in [-0.39, 0.29) is 6.61 Å². The predicted octanol–water partition coefficient (Wildman–Crippen LogP) is 2.07. The molecule has 1 heterocycles. The summed E-state index contributed by atoms with van der Waals surface area (Å²) < 4.78 is 1.79. The number of nitrogens with zero attached hydrogens (tertiary/aromatic N) is 3. The molecule has 0 aliphatic carbocycles. The highest BCUT2D eigenvalue weighted by molar-refractivity contribution is 5.57. The summed E-state index contributed by atoms with van der Waals surface area (Å²) >= 11 is 0. The number of aliphatic hydroxyl groups excluding tert-OH is 1. The van der Waals surface area contributed by atoms with Crippen LogP contribution in [0, 0.1) is 0 Å². The number of nitrogens with two attached hydrogens (primary N) is 1. The van der Waals surface area contributed by atoms with Gasteiger partial charge in [0.25, 0.3) is 0 Å². The minimum atomic E-state index is 0.0604. The molecule has 5 nitrogen and oxygen atoms in total. The van der Waals surface area contributed by atoms with Crippen molar-refractivity contribution in [2.75, 3.05) is 5.73 Å². The van der Waals surface area contributed by atoms with Gasteiger partial charge in [-0.05, 0) is 35.4 Å². The van der Waals surface area contributed by atoms with Crippen LogP contribution in [0.1, 0.15) is 11.1 Å². The Morgan fingerprint density at radius 3 is 2.29 bits per heavy atom. The molecule has 0 amide bonds. The van der Waals surface area contributed by atoms with Gasteiger partial charge in [-0.3, -0.25) is 0 Å². The van der Waals surface area contributed by atoms with Gasteiger partial charge in [0, 0.05) is 11.3 Å². The predicted molar refractivity (Wildman–Crippen MR) is 81.3 cm³/mol. The molecule has 5 heteroatoms. The van der Waals surface area contributed by atoms with Gasteiger partial charge >= 0.3 is 0 Å². The molecule has 0 fully saturated rings. The van der Waals surface area contributed by atoms with Crippen molar-refractivity contribution in [1.82, 2.24) is 14.8 Å².